The van der Waals surface area contributed by atoms with Crippen LogP contribution in [0.2, 0.25) is 0 Å². The summed E-state index contributed by atoms with van der Waals surface area (Å²) in [5, 5.41) is 10.5. The number of ether oxygens (including phenoxy) is 3. The van der Waals surface area contributed by atoms with Gasteiger partial charge in [0.1, 0.15) is 17.2 Å². The van der Waals surface area contributed by atoms with Crippen LogP contribution in [0.1, 0.15) is 71.1 Å². The standard InChI is InChI=1S/C38H43F2N3O5/c1-23-18-32-41-30-22-43(32)35(33(23)34(36(44)45)48-37(3,4)5)42-15-13-38(6,14-16-42)46-17-8-7-10-24(2)47-31-21-29(40)28(39)20-27(31)25-11-9-12-26(30)19-25/h7-9,11-12,18-22,24,34H,10,13-17H2,1-6H3,(H,44,45)/t24-,34-/m0/s1. The van der Waals surface area contributed by atoms with Gasteiger partial charge in [-0.25, -0.2) is 18.6 Å². The molecule has 48 heavy (non-hydrogen) atoms. The molecule has 8 nitrogen and oxygen atoms in total. The molecule has 4 aromatic rings. The van der Waals surface area contributed by atoms with Crippen LogP contribution in [0.15, 0.2) is 60.8 Å². The summed E-state index contributed by atoms with van der Waals surface area (Å²) in [6.45, 7) is 13.1. The van der Waals surface area contributed by atoms with E-state index in [0.717, 1.165) is 41.9 Å². The molecule has 1 N–H and O–H groups in total. The number of aliphatic carboxylic acids is 1. The maximum Gasteiger partial charge on any atom is 0.337 e. The Kier molecular flexibility index (Phi) is 9.08. The van der Waals surface area contributed by atoms with Crippen molar-refractivity contribution in [1.82, 2.24) is 9.38 Å². The van der Waals surface area contributed by atoms with Gasteiger partial charge in [-0.3, -0.25) is 4.40 Å². The van der Waals surface area contributed by atoms with Crippen LogP contribution >= 0.6 is 0 Å². The lowest BCUT2D eigenvalue weighted by atomic mass is 9.92. The molecule has 1 saturated heterocycles. The van der Waals surface area contributed by atoms with E-state index >= 15 is 0 Å². The number of carboxylic acids is 1. The Labute approximate surface area is 280 Å². The first-order valence-electron chi connectivity index (χ1n) is 16.4. The Hall–Kier alpha value is -4.28. The van der Waals surface area contributed by atoms with Crippen LogP contribution in [-0.2, 0) is 14.3 Å². The average Bonchev–Trinajstić information content (AvgIpc) is 3.44. The zero-order chi connectivity index (χ0) is 34.4. The molecule has 0 radical (unpaired) electrons. The summed E-state index contributed by atoms with van der Waals surface area (Å²) in [4.78, 5) is 20.0. The molecule has 1 fully saturated rings. The molecular weight excluding hydrogens is 616 g/mol. The second-order valence-electron chi connectivity index (χ2n) is 14.1. The second kappa shape index (κ2) is 13.0. The van der Waals surface area contributed by atoms with E-state index in [9.17, 15) is 18.7 Å². The highest BCUT2D eigenvalue weighted by Crippen LogP contribution is 2.40. The van der Waals surface area contributed by atoms with Crippen molar-refractivity contribution in [2.75, 3.05) is 24.6 Å². The number of nitrogens with zero attached hydrogens (tertiary/aromatic N) is 3. The van der Waals surface area contributed by atoms with E-state index in [0.29, 0.717) is 54.1 Å². The number of halogens is 2. The average molecular weight is 660 g/mol. The smallest absolute Gasteiger partial charge is 0.337 e. The maximum absolute atomic E-state index is 14.6. The van der Waals surface area contributed by atoms with Crippen LogP contribution in [0.3, 0.4) is 0 Å². The van der Waals surface area contributed by atoms with Crippen molar-refractivity contribution < 1.29 is 32.9 Å². The van der Waals surface area contributed by atoms with Crippen LogP contribution < -0.4 is 9.64 Å². The first kappa shape index (κ1) is 33.6. The van der Waals surface area contributed by atoms with Crippen molar-refractivity contribution >= 4 is 17.4 Å². The molecule has 10 heteroatoms. The predicted molar refractivity (Wildman–Crippen MR) is 182 cm³/mol. The second-order valence-corrected chi connectivity index (χ2v) is 14.1. The van der Waals surface area contributed by atoms with Gasteiger partial charge in [0.2, 0.25) is 0 Å². The molecule has 0 spiro atoms. The molecule has 5 heterocycles. The fraction of sp³-hybridized carbons (Fsp3) is 0.421. The summed E-state index contributed by atoms with van der Waals surface area (Å²) < 4.78 is 49.8. The maximum atomic E-state index is 14.6. The molecule has 2 aromatic heterocycles. The summed E-state index contributed by atoms with van der Waals surface area (Å²) in [6.07, 6.45) is 6.34. The van der Waals surface area contributed by atoms with Crippen molar-refractivity contribution in [2.24, 2.45) is 0 Å². The predicted octanol–water partition coefficient (Wildman–Crippen LogP) is 8.30. The lowest BCUT2D eigenvalue weighted by Gasteiger charge is -2.41. The molecule has 254 valence electrons. The van der Waals surface area contributed by atoms with Crippen LogP contribution in [0.25, 0.3) is 28.0 Å². The van der Waals surface area contributed by atoms with Gasteiger partial charge in [0.25, 0.3) is 0 Å². The van der Waals surface area contributed by atoms with Crippen LogP contribution in [0.5, 0.6) is 5.75 Å². The topological polar surface area (TPSA) is 85.5 Å². The van der Waals surface area contributed by atoms with E-state index < -0.39 is 29.3 Å². The Morgan fingerprint density at radius 2 is 1.79 bits per heavy atom. The highest BCUT2D eigenvalue weighted by molar-refractivity contribution is 5.80. The van der Waals surface area contributed by atoms with Crippen LogP contribution in [0, 0.1) is 18.6 Å². The normalized spacial score (nSPS) is 20.8. The Morgan fingerprint density at radius 3 is 2.50 bits per heavy atom. The molecule has 7 rings (SSSR count). The molecule has 0 saturated carbocycles. The number of carbonyl (C=O) groups is 1. The van der Waals surface area contributed by atoms with Gasteiger partial charge in [0, 0.05) is 48.5 Å². The summed E-state index contributed by atoms with van der Waals surface area (Å²) >= 11 is 0. The fourth-order valence-corrected chi connectivity index (χ4v) is 6.52. The van der Waals surface area contributed by atoms with Crippen molar-refractivity contribution in [2.45, 2.75) is 84.2 Å². The first-order valence-corrected chi connectivity index (χ1v) is 16.4. The Morgan fingerprint density at radius 1 is 1.08 bits per heavy atom. The third kappa shape index (κ3) is 6.96. The van der Waals surface area contributed by atoms with Gasteiger partial charge in [0.15, 0.2) is 17.7 Å². The van der Waals surface area contributed by atoms with Crippen LogP contribution in [-0.4, -0.2) is 57.5 Å². The minimum atomic E-state index is -1.21. The highest BCUT2D eigenvalue weighted by atomic mass is 19.2. The van der Waals surface area contributed by atoms with E-state index in [1.807, 2.05) is 87.7 Å². The van der Waals surface area contributed by atoms with Crippen LogP contribution in [0.4, 0.5) is 14.6 Å². The van der Waals surface area contributed by atoms with E-state index in [-0.39, 0.29) is 17.5 Å². The SMILES string of the molecule is Cc1cc2nc3cn2c(c1[C@H](OC(C)(C)C)C(=O)O)N1CCC(C)(CC1)OCC=CC[C@H](C)Oc1cc(F)c(F)cc1-c1cccc-3c1. The van der Waals surface area contributed by atoms with Crippen molar-refractivity contribution in [1.29, 1.82) is 0 Å². The zero-order valence-electron chi connectivity index (χ0n) is 28.3. The summed E-state index contributed by atoms with van der Waals surface area (Å²) in [6, 6.07) is 11.6. The van der Waals surface area contributed by atoms with Gasteiger partial charge in [0.05, 0.1) is 29.6 Å². The van der Waals surface area contributed by atoms with E-state index in [1.54, 1.807) is 0 Å². The van der Waals surface area contributed by atoms with Gasteiger partial charge in [-0.1, -0.05) is 30.4 Å². The summed E-state index contributed by atoms with van der Waals surface area (Å²) in [7, 11) is 0. The quantitative estimate of drug-likeness (QED) is 0.222. The molecule has 2 aromatic carbocycles. The number of fused-ring (bicyclic) bond motifs is 7. The largest absolute Gasteiger partial charge is 0.490 e. The summed E-state index contributed by atoms with van der Waals surface area (Å²) in [5.41, 5.74) is 3.35. The third-order valence-electron chi connectivity index (χ3n) is 9.03. The highest BCUT2D eigenvalue weighted by Gasteiger charge is 2.37. The number of imidazole rings is 1. The number of hydrogen-bond donors (Lipinski definition) is 1. The number of aryl methyl sites for hydroxylation is 1. The molecule has 2 atom stereocenters. The molecule has 0 unspecified atom stereocenters. The van der Waals surface area contributed by atoms with E-state index in [2.05, 4.69) is 11.8 Å². The van der Waals surface area contributed by atoms with E-state index in [4.69, 9.17) is 19.2 Å². The number of rotatable bonds is 3. The van der Waals surface area contributed by atoms with Crippen molar-refractivity contribution in [3.8, 4) is 28.1 Å². The first-order chi connectivity index (χ1) is 22.7. The van der Waals surface area contributed by atoms with Gasteiger partial charge in [-0.15, -0.1) is 0 Å². The molecule has 0 amide bonds. The van der Waals surface area contributed by atoms with Crippen molar-refractivity contribution in [3.63, 3.8) is 0 Å². The van der Waals surface area contributed by atoms with Gasteiger partial charge < -0.3 is 24.2 Å². The lowest BCUT2D eigenvalue weighted by molar-refractivity contribution is -0.160. The van der Waals surface area contributed by atoms with Gasteiger partial charge in [-0.2, -0.15) is 0 Å². The van der Waals surface area contributed by atoms with Gasteiger partial charge >= 0.3 is 5.97 Å². The number of benzene rings is 2. The molecule has 3 aliphatic rings. The third-order valence-corrected chi connectivity index (χ3v) is 9.03. The number of piperidine rings is 1. The fourth-order valence-electron chi connectivity index (χ4n) is 6.52. The number of hydrogen-bond acceptors (Lipinski definition) is 6. The molecule has 3 aliphatic heterocycles. The number of pyridine rings is 1. The molecular formula is C38H43F2N3O5. The Balaban J connectivity index is 1.55. The van der Waals surface area contributed by atoms with Crippen molar-refractivity contribution in [3.05, 3.63) is 83.6 Å². The number of anilines is 1. The van der Waals surface area contributed by atoms with Gasteiger partial charge in [-0.05, 0) is 83.7 Å². The minimum absolute atomic E-state index is 0.242. The Bertz CT molecular complexity index is 1870. The summed E-state index contributed by atoms with van der Waals surface area (Å²) in [5.74, 6) is -2.06. The number of carboxylic acid groups (broad SMARTS) is 1. The van der Waals surface area contributed by atoms with E-state index in [1.165, 1.54) is 0 Å². The zero-order valence-corrected chi connectivity index (χ0v) is 28.3. The number of aromatic nitrogens is 2. The molecule has 0 aliphatic carbocycles. The monoisotopic (exact) mass is 659 g/mol. The minimum Gasteiger partial charge on any atom is -0.490 e. The lowest BCUT2D eigenvalue weighted by Crippen LogP contribution is -2.45. The molecule has 6 bridgehead atoms.